The highest BCUT2D eigenvalue weighted by atomic mass is 79.9. The van der Waals surface area contributed by atoms with Gasteiger partial charge in [0, 0.05) is 45.7 Å². The van der Waals surface area contributed by atoms with E-state index in [1.54, 1.807) is 0 Å². The quantitative estimate of drug-likeness (QED) is 0.146. The lowest BCUT2D eigenvalue weighted by molar-refractivity contribution is 1.08. The molecular weight excluding hydrogens is 745 g/mol. The molecule has 0 unspecified atom stereocenters. The molecule has 0 spiro atoms. The molecule has 0 aliphatic heterocycles. The molecule has 9 aromatic rings. The Hall–Kier alpha value is -6.68. The molecule has 3 heteroatoms. The lowest BCUT2D eigenvalue weighted by Crippen LogP contribution is -1.97. The number of benzene rings is 7. The van der Waals surface area contributed by atoms with Crippen LogP contribution in [0.1, 0.15) is 11.3 Å². The number of nitrogens with zero attached hydrogens (tertiary/aromatic N) is 2. The van der Waals surface area contributed by atoms with Crippen molar-refractivity contribution in [3.63, 3.8) is 0 Å². The first kappa shape index (κ1) is 35.0. The van der Waals surface area contributed by atoms with Crippen molar-refractivity contribution in [2.24, 2.45) is 0 Å². The van der Waals surface area contributed by atoms with Crippen molar-refractivity contribution >= 4 is 15.9 Å². The highest BCUT2D eigenvalue weighted by molar-refractivity contribution is 9.10. The third-order valence-corrected chi connectivity index (χ3v) is 10.7. The Morgan fingerprint density at radius 3 is 1.29 bits per heavy atom. The number of pyridine rings is 2. The molecule has 0 N–H and O–H groups in total. The Bertz CT molecular complexity index is 2760. The Morgan fingerprint density at radius 1 is 0.321 bits per heavy atom. The van der Waals surface area contributed by atoms with Crippen molar-refractivity contribution < 1.29 is 0 Å². The highest BCUT2D eigenvalue weighted by Crippen LogP contribution is 2.43. The van der Waals surface area contributed by atoms with Gasteiger partial charge in [0.25, 0.3) is 0 Å². The van der Waals surface area contributed by atoms with E-state index in [-0.39, 0.29) is 0 Å². The first-order valence-corrected chi connectivity index (χ1v) is 19.7. The number of halogens is 1. The minimum atomic E-state index is 0.771. The summed E-state index contributed by atoms with van der Waals surface area (Å²) in [6.07, 6.45) is 4.87. The van der Waals surface area contributed by atoms with Crippen LogP contribution in [0, 0.1) is 0 Å². The Balaban J connectivity index is 1.17. The average molecular weight is 782 g/mol. The predicted octanol–water partition coefficient (Wildman–Crippen LogP) is 14.5. The fourth-order valence-corrected chi connectivity index (χ4v) is 8.10. The maximum Gasteiger partial charge on any atom is 0.0708 e. The van der Waals surface area contributed by atoms with Crippen molar-refractivity contribution in [3.8, 4) is 78.0 Å². The lowest BCUT2D eigenvalue weighted by atomic mass is 9.87. The van der Waals surface area contributed by atoms with E-state index in [9.17, 15) is 0 Å². The van der Waals surface area contributed by atoms with Gasteiger partial charge in [-0.05, 0) is 91.5 Å². The van der Waals surface area contributed by atoms with Crippen LogP contribution in [0.2, 0.25) is 0 Å². The molecule has 56 heavy (non-hydrogen) atoms. The van der Waals surface area contributed by atoms with Crippen molar-refractivity contribution in [2.75, 3.05) is 0 Å². The Morgan fingerprint density at radius 2 is 0.750 bits per heavy atom. The zero-order valence-corrected chi connectivity index (χ0v) is 32.3. The van der Waals surface area contributed by atoms with Gasteiger partial charge in [0.15, 0.2) is 0 Å². The molecule has 0 bridgehead atoms. The van der Waals surface area contributed by atoms with Gasteiger partial charge >= 0.3 is 0 Å². The van der Waals surface area contributed by atoms with Crippen molar-refractivity contribution in [2.45, 2.75) is 6.42 Å². The molecule has 9 rings (SSSR count). The summed E-state index contributed by atoms with van der Waals surface area (Å²) < 4.78 is 1.01. The van der Waals surface area contributed by atoms with Gasteiger partial charge in [0.2, 0.25) is 0 Å². The molecule has 0 atom stereocenters. The lowest BCUT2D eigenvalue weighted by Gasteiger charge is -2.18. The monoisotopic (exact) mass is 780 g/mol. The van der Waals surface area contributed by atoms with Crippen LogP contribution < -0.4 is 0 Å². The first-order valence-electron chi connectivity index (χ1n) is 18.9. The van der Waals surface area contributed by atoms with Gasteiger partial charge in [-0.15, -0.1) is 0 Å². The molecule has 2 aromatic heterocycles. The molecule has 7 aromatic carbocycles. The van der Waals surface area contributed by atoms with Gasteiger partial charge < -0.3 is 0 Å². The fraction of sp³-hybridized carbons (Fsp3) is 0.0189. The molecule has 0 radical (unpaired) electrons. The van der Waals surface area contributed by atoms with Gasteiger partial charge in [-0.25, -0.2) is 0 Å². The maximum absolute atomic E-state index is 5.04. The molecule has 2 heterocycles. The molecule has 0 saturated carbocycles. The van der Waals surface area contributed by atoms with E-state index in [1.807, 2.05) is 12.3 Å². The van der Waals surface area contributed by atoms with Crippen molar-refractivity contribution in [1.29, 1.82) is 0 Å². The third-order valence-electron chi connectivity index (χ3n) is 10.3. The number of aromatic nitrogens is 2. The van der Waals surface area contributed by atoms with E-state index >= 15 is 0 Å². The van der Waals surface area contributed by atoms with Crippen LogP contribution >= 0.6 is 15.9 Å². The van der Waals surface area contributed by atoms with Crippen LogP contribution in [0.25, 0.3) is 78.0 Å². The summed E-state index contributed by atoms with van der Waals surface area (Å²) in [6, 6.07) is 70.8. The van der Waals surface area contributed by atoms with Crippen molar-refractivity contribution in [3.05, 3.63) is 228 Å². The molecule has 266 valence electrons. The predicted molar refractivity (Wildman–Crippen MR) is 237 cm³/mol. The van der Waals surface area contributed by atoms with Gasteiger partial charge in [-0.3, -0.25) is 9.97 Å². The van der Waals surface area contributed by atoms with E-state index in [1.165, 1.54) is 16.7 Å². The number of rotatable bonds is 9. The number of hydrogen-bond acceptors (Lipinski definition) is 2. The van der Waals surface area contributed by atoms with Crippen LogP contribution in [-0.4, -0.2) is 9.97 Å². The van der Waals surface area contributed by atoms with Gasteiger partial charge in [-0.1, -0.05) is 186 Å². The second-order valence-electron chi connectivity index (χ2n) is 13.9. The summed E-state index contributed by atoms with van der Waals surface area (Å²) in [7, 11) is 0. The van der Waals surface area contributed by atoms with E-state index in [4.69, 9.17) is 9.97 Å². The maximum atomic E-state index is 5.04. The summed E-state index contributed by atoms with van der Waals surface area (Å²) in [5.74, 6) is 0. The van der Waals surface area contributed by atoms with Crippen LogP contribution in [-0.2, 0) is 6.42 Å². The second-order valence-corrected chi connectivity index (χ2v) is 14.8. The largest absolute Gasteiger partial charge is 0.260 e. The minimum absolute atomic E-state index is 0.771. The molecule has 0 saturated heterocycles. The van der Waals surface area contributed by atoms with Crippen LogP contribution in [0.15, 0.2) is 217 Å². The van der Waals surface area contributed by atoms with E-state index < -0.39 is 0 Å². The van der Waals surface area contributed by atoms with Gasteiger partial charge in [0.1, 0.15) is 0 Å². The first-order chi connectivity index (χ1) is 27.7. The van der Waals surface area contributed by atoms with Crippen LogP contribution in [0.3, 0.4) is 0 Å². The summed E-state index contributed by atoms with van der Waals surface area (Å²) in [6.45, 7) is 0. The minimum Gasteiger partial charge on any atom is -0.260 e. The molecule has 0 aliphatic carbocycles. The molecule has 2 nitrogen and oxygen atoms in total. The second kappa shape index (κ2) is 16.0. The number of hydrogen-bond donors (Lipinski definition) is 0. The van der Waals surface area contributed by atoms with Gasteiger partial charge in [0.05, 0.1) is 5.69 Å². The normalized spacial score (nSPS) is 11.0. The van der Waals surface area contributed by atoms with Gasteiger partial charge in [-0.2, -0.15) is 0 Å². The Kier molecular flexibility index (Phi) is 9.99. The van der Waals surface area contributed by atoms with E-state index in [0.717, 1.165) is 83.5 Å². The van der Waals surface area contributed by atoms with Crippen LogP contribution in [0.5, 0.6) is 0 Å². The summed E-state index contributed by atoms with van der Waals surface area (Å²) in [5, 5.41) is 0. The molecular formula is C53H37BrN2. The summed E-state index contributed by atoms with van der Waals surface area (Å²) in [5.41, 5.74) is 17.9. The van der Waals surface area contributed by atoms with E-state index in [0.29, 0.717) is 0 Å². The zero-order valence-electron chi connectivity index (χ0n) is 30.7. The fourth-order valence-electron chi connectivity index (χ4n) is 7.60. The molecule has 0 fully saturated rings. The molecule has 0 aliphatic rings. The average Bonchev–Trinajstić information content (AvgIpc) is 3.27. The summed E-state index contributed by atoms with van der Waals surface area (Å²) >= 11 is 3.92. The topological polar surface area (TPSA) is 25.8 Å². The van der Waals surface area contributed by atoms with Crippen LogP contribution in [0.4, 0.5) is 0 Å². The molecule has 0 amide bonds. The van der Waals surface area contributed by atoms with Crippen molar-refractivity contribution in [1.82, 2.24) is 9.97 Å². The van der Waals surface area contributed by atoms with E-state index in [2.05, 4.69) is 216 Å². The Labute approximate surface area is 337 Å². The smallest absolute Gasteiger partial charge is 0.0708 e. The zero-order chi connectivity index (χ0) is 37.7. The highest BCUT2D eigenvalue weighted by Gasteiger charge is 2.18. The third kappa shape index (κ3) is 7.38. The SMILES string of the molecule is Brc1cc(-c2ccccc2-c2cnc(Cc3ccccc3)cc2-c2ccccc2)cc(-c2ccccc2-c2cnc(-c3ccccc3)cc2-c2ccccc2)c1. The standard InChI is InChI=1S/C53H37BrN2/c54-43-31-41(45-25-13-15-27-47(45)51-35-55-44(29-37-17-5-1-6-18-37)33-49(51)38-19-7-2-8-20-38)30-42(32-43)46-26-14-16-28-48(46)52-36-56-53(40-23-11-4-12-24-40)34-50(52)39-21-9-3-10-22-39/h1-28,30-36H,29H2. The summed E-state index contributed by atoms with van der Waals surface area (Å²) in [4.78, 5) is 10.1.